The maximum Gasteiger partial charge on any atom is 0.260 e. The molecule has 0 saturated heterocycles. The molecule has 0 unspecified atom stereocenters. The second-order valence-corrected chi connectivity index (χ2v) is 4.59. The highest BCUT2D eigenvalue weighted by molar-refractivity contribution is 6.31. The molecule has 2 aromatic rings. The summed E-state index contributed by atoms with van der Waals surface area (Å²) in [5.41, 5.74) is 0.223. The molecule has 7 heteroatoms. The van der Waals surface area contributed by atoms with Gasteiger partial charge in [0.05, 0.1) is 16.9 Å². The third-order valence-corrected chi connectivity index (χ3v) is 3.30. The zero-order chi connectivity index (χ0) is 15.0. The van der Waals surface area contributed by atoms with Gasteiger partial charge in [-0.15, -0.1) is 11.6 Å². The van der Waals surface area contributed by atoms with E-state index in [9.17, 15) is 14.0 Å². The molecule has 1 aromatic heterocycles. The summed E-state index contributed by atoms with van der Waals surface area (Å²) in [6.07, 6.45) is 1.48. The van der Waals surface area contributed by atoms with E-state index in [4.69, 9.17) is 11.6 Å². The van der Waals surface area contributed by atoms with E-state index in [1.54, 1.807) is 12.1 Å². The van der Waals surface area contributed by atoms with E-state index in [1.165, 1.54) is 18.3 Å². The zero-order valence-corrected chi connectivity index (χ0v) is 11.4. The molecule has 1 aliphatic heterocycles. The van der Waals surface area contributed by atoms with Crippen LogP contribution in [-0.2, 0) is 4.79 Å². The van der Waals surface area contributed by atoms with E-state index in [0.29, 0.717) is 5.69 Å². The maximum atomic E-state index is 14.0. The fourth-order valence-electron chi connectivity index (χ4n) is 2.21. The Morgan fingerprint density at radius 3 is 2.90 bits per heavy atom. The van der Waals surface area contributed by atoms with Crippen molar-refractivity contribution < 1.29 is 14.0 Å². The Bertz CT molecular complexity index is 751. The molecule has 1 N–H and O–H groups in total. The summed E-state index contributed by atoms with van der Waals surface area (Å²) < 4.78 is 14.0. The summed E-state index contributed by atoms with van der Waals surface area (Å²) in [5.74, 6) is -1.96. The van der Waals surface area contributed by atoms with Gasteiger partial charge in [0.2, 0.25) is 5.91 Å². The van der Waals surface area contributed by atoms with Crippen LogP contribution in [0.3, 0.4) is 0 Å². The number of fused-ring (bicyclic) bond motifs is 2. The quantitative estimate of drug-likeness (QED) is 0.824. The van der Waals surface area contributed by atoms with Crippen LogP contribution in [0.1, 0.15) is 10.4 Å². The van der Waals surface area contributed by atoms with Crippen LogP contribution in [0.15, 0.2) is 36.5 Å². The molecule has 0 atom stereocenters. The van der Waals surface area contributed by atoms with Gasteiger partial charge in [-0.3, -0.25) is 14.5 Å². The van der Waals surface area contributed by atoms with Crippen LogP contribution < -0.4 is 10.2 Å². The number of hydrogen-bond donors (Lipinski definition) is 1. The molecule has 1 aromatic carbocycles. The van der Waals surface area contributed by atoms with Gasteiger partial charge in [0.1, 0.15) is 11.7 Å². The first-order valence-corrected chi connectivity index (χ1v) is 6.60. The molecule has 0 spiro atoms. The van der Waals surface area contributed by atoms with E-state index in [0.717, 1.165) is 11.0 Å². The Morgan fingerprint density at radius 1 is 1.33 bits per heavy atom. The highest BCUT2D eigenvalue weighted by Crippen LogP contribution is 2.37. The Morgan fingerprint density at radius 2 is 2.14 bits per heavy atom. The summed E-state index contributed by atoms with van der Waals surface area (Å²) >= 11 is 5.63. The fraction of sp³-hybridized carbons (Fsp3) is 0.0714. The maximum absolute atomic E-state index is 14.0. The minimum atomic E-state index is -0.717. The lowest BCUT2D eigenvalue weighted by atomic mass is 10.1. The standard InChI is InChI=1S/C14H9ClFN3O2/c15-7-11(20)19-10-5-1-3-8(16)12(10)14(21)18-9-4-2-6-17-13(9)19/h1-6H,7H2,(H,18,21). The summed E-state index contributed by atoms with van der Waals surface area (Å²) in [6, 6.07) is 7.24. The molecule has 21 heavy (non-hydrogen) atoms. The number of benzene rings is 1. The Labute approximate surface area is 124 Å². The van der Waals surface area contributed by atoms with Gasteiger partial charge in [-0.1, -0.05) is 6.07 Å². The number of carbonyl (C=O) groups excluding carboxylic acids is 2. The smallest absolute Gasteiger partial charge is 0.260 e. The van der Waals surface area contributed by atoms with Gasteiger partial charge in [-0.2, -0.15) is 0 Å². The van der Waals surface area contributed by atoms with Crippen LogP contribution in [-0.4, -0.2) is 22.7 Å². The van der Waals surface area contributed by atoms with Gasteiger partial charge in [0, 0.05) is 6.20 Å². The lowest BCUT2D eigenvalue weighted by molar-refractivity contribution is -0.115. The summed E-state index contributed by atoms with van der Waals surface area (Å²) in [7, 11) is 0. The number of halogens is 2. The molecular weight excluding hydrogens is 297 g/mol. The van der Waals surface area contributed by atoms with Crippen molar-refractivity contribution in [1.82, 2.24) is 4.98 Å². The normalized spacial score (nSPS) is 13.0. The minimum Gasteiger partial charge on any atom is -0.319 e. The second-order valence-electron chi connectivity index (χ2n) is 4.33. The Balaban J connectivity index is 2.33. The third-order valence-electron chi connectivity index (χ3n) is 3.07. The topological polar surface area (TPSA) is 62.3 Å². The van der Waals surface area contributed by atoms with Gasteiger partial charge in [-0.05, 0) is 24.3 Å². The van der Waals surface area contributed by atoms with Crippen LogP contribution in [0, 0.1) is 5.82 Å². The molecule has 3 rings (SSSR count). The minimum absolute atomic E-state index is 0.121. The highest BCUT2D eigenvalue weighted by atomic mass is 35.5. The number of amides is 2. The predicted molar refractivity (Wildman–Crippen MR) is 76.5 cm³/mol. The molecule has 2 heterocycles. The SMILES string of the molecule is O=C1Nc2cccnc2N(C(=O)CCl)c2cccc(F)c21. The third kappa shape index (κ3) is 2.13. The number of hydrogen-bond acceptors (Lipinski definition) is 3. The summed E-state index contributed by atoms with van der Waals surface area (Å²) in [4.78, 5) is 29.6. The number of rotatable bonds is 1. The van der Waals surface area contributed by atoms with Gasteiger partial charge >= 0.3 is 0 Å². The molecular formula is C14H9ClFN3O2. The molecule has 0 fully saturated rings. The van der Waals surface area contributed by atoms with Gasteiger partial charge < -0.3 is 5.32 Å². The molecule has 1 aliphatic rings. The van der Waals surface area contributed by atoms with Crippen LogP contribution >= 0.6 is 11.6 Å². The average molecular weight is 306 g/mol. The van der Waals surface area contributed by atoms with Crippen molar-refractivity contribution in [3.8, 4) is 0 Å². The second kappa shape index (κ2) is 5.14. The number of alkyl halides is 1. The van der Waals surface area contributed by atoms with E-state index < -0.39 is 17.6 Å². The molecule has 0 bridgehead atoms. The first-order chi connectivity index (χ1) is 10.1. The van der Waals surface area contributed by atoms with Crippen molar-refractivity contribution >= 4 is 40.6 Å². The van der Waals surface area contributed by atoms with E-state index >= 15 is 0 Å². The Hall–Kier alpha value is -2.47. The summed E-state index contributed by atoms with van der Waals surface area (Å²) in [5, 5.41) is 2.55. The number of nitrogens with zero attached hydrogens (tertiary/aromatic N) is 2. The average Bonchev–Trinajstić information content (AvgIpc) is 2.61. The lowest BCUT2D eigenvalue weighted by Crippen LogP contribution is -2.28. The largest absolute Gasteiger partial charge is 0.319 e. The molecule has 0 aliphatic carbocycles. The van der Waals surface area contributed by atoms with Crippen molar-refractivity contribution in [3.05, 3.63) is 47.9 Å². The first kappa shape index (κ1) is 13.5. The monoisotopic (exact) mass is 305 g/mol. The number of pyridine rings is 1. The summed E-state index contributed by atoms with van der Waals surface area (Å²) in [6.45, 7) is 0. The van der Waals surface area contributed by atoms with Crippen molar-refractivity contribution in [2.45, 2.75) is 0 Å². The predicted octanol–water partition coefficient (Wildman–Crippen LogP) is 2.69. The molecule has 0 radical (unpaired) electrons. The highest BCUT2D eigenvalue weighted by Gasteiger charge is 2.31. The fourth-order valence-corrected chi connectivity index (χ4v) is 2.33. The number of carbonyl (C=O) groups is 2. The van der Waals surface area contributed by atoms with Crippen molar-refractivity contribution in [2.75, 3.05) is 16.1 Å². The number of nitrogens with one attached hydrogen (secondary N) is 1. The Kier molecular flexibility index (Phi) is 3.31. The first-order valence-electron chi connectivity index (χ1n) is 6.07. The van der Waals surface area contributed by atoms with Gasteiger partial charge in [-0.25, -0.2) is 9.37 Å². The lowest BCUT2D eigenvalue weighted by Gasteiger charge is -2.21. The van der Waals surface area contributed by atoms with E-state index in [-0.39, 0.29) is 22.9 Å². The van der Waals surface area contributed by atoms with Crippen LogP contribution in [0.5, 0.6) is 0 Å². The van der Waals surface area contributed by atoms with Crippen molar-refractivity contribution in [2.24, 2.45) is 0 Å². The van der Waals surface area contributed by atoms with E-state index in [2.05, 4.69) is 10.3 Å². The molecule has 0 saturated carbocycles. The molecule has 106 valence electrons. The van der Waals surface area contributed by atoms with Crippen LogP contribution in [0.4, 0.5) is 21.6 Å². The molecule has 2 amide bonds. The van der Waals surface area contributed by atoms with Crippen molar-refractivity contribution in [3.63, 3.8) is 0 Å². The number of aromatic nitrogens is 1. The van der Waals surface area contributed by atoms with Crippen LogP contribution in [0.2, 0.25) is 0 Å². The number of anilines is 3. The molecule has 5 nitrogen and oxygen atoms in total. The van der Waals surface area contributed by atoms with Gasteiger partial charge in [0.25, 0.3) is 5.91 Å². The van der Waals surface area contributed by atoms with Gasteiger partial charge in [0.15, 0.2) is 5.82 Å². The van der Waals surface area contributed by atoms with E-state index in [1.807, 2.05) is 0 Å². The zero-order valence-electron chi connectivity index (χ0n) is 10.6. The van der Waals surface area contributed by atoms with Crippen LogP contribution in [0.25, 0.3) is 0 Å². The van der Waals surface area contributed by atoms with Crippen molar-refractivity contribution in [1.29, 1.82) is 0 Å².